The van der Waals surface area contributed by atoms with Gasteiger partial charge >= 0.3 is 0 Å². The second-order valence-corrected chi connectivity index (χ2v) is 5.05. The molecule has 0 heterocycles. The summed E-state index contributed by atoms with van der Waals surface area (Å²) in [5.41, 5.74) is 5.96. The zero-order valence-corrected chi connectivity index (χ0v) is 11.6. The number of hydrogen-bond acceptors (Lipinski definition) is 5. The molecule has 6 nitrogen and oxygen atoms in total. The van der Waals surface area contributed by atoms with E-state index in [1.807, 2.05) is 0 Å². The summed E-state index contributed by atoms with van der Waals surface area (Å²) in [6, 6.07) is 3.00. The number of nitrogens with two attached hydrogens (primary N) is 1. The van der Waals surface area contributed by atoms with Crippen molar-refractivity contribution in [1.82, 2.24) is 0 Å². The maximum Gasteiger partial charge on any atom is 0.277 e. The topological polar surface area (TPSA) is 87.6 Å². The maximum absolute atomic E-state index is 11.0. The average molecular weight is 280 g/mol. The van der Waals surface area contributed by atoms with Crippen LogP contribution in [0.2, 0.25) is 0 Å². The van der Waals surface area contributed by atoms with Gasteiger partial charge in [0, 0.05) is 12.1 Å². The SMILES string of the molecule is COc1cc(CN)c([N+](=O)[O-])cc1OCC1CCCC1. The first-order valence-electron chi connectivity index (χ1n) is 6.84. The molecule has 20 heavy (non-hydrogen) atoms. The van der Waals surface area contributed by atoms with E-state index in [4.69, 9.17) is 15.2 Å². The molecule has 0 unspecified atom stereocenters. The zero-order chi connectivity index (χ0) is 14.5. The van der Waals surface area contributed by atoms with Crippen molar-refractivity contribution in [3.63, 3.8) is 0 Å². The van der Waals surface area contributed by atoms with Crippen LogP contribution in [0.1, 0.15) is 31.2 Å². The number of methoxy groups -OCH3 is 1. The van der Waals surface area contributed by atoms with E-state index < -0.39 is 4.92 Å². The molecule has 2 N–H and O–H groups in total. The Morgan fingerprint density at radius 1 is 1.35 bits per heavy atom. The fourth-order valence-corrected chi connectivity index (χ4v) is 2.58. The summed E-state index contributed by atoms with van der Waals surface area (Å²) in [7, 11) is 1.52. The van der Waals surface area contributed by atoms with E-state index in [1.165, 1.54) is 26.0 Å². The van der Waals surface area contributed by atoms with Crippen molar-refractivity contribution in [2.45, 2.75) is 32.2 Å². The van der Waals surface area contributed by atoms with E-state index in [0.29, 0.717) is 29.6 Å². The number of ether oxygens (including phenoxy) is 2. The predicted molar refractivity (Wildman–Crippen MR) is 75.0 cm³/mol. The number of benzene rings is 1. The van der Waals surface area contributed by atoms with Crippen LogP contribution in [0.4, 0.5) is 5.69 Å². The molecule has 0 bridgehead atoms. The third kappa shape index (κ3) is 3.19. The molecule has 0 aliphatic heterocycles. The molecule has 0 radical (unpaired) electrons. The highest BCUT2D eigenvalue weighted by Gasteiger charge is 2.21. The van der Waals surface area contributed by atoms with Crippen molar-refractivity contribution in [3.05, 3.63) is 27.8 Å². The minimum Gasteiger partial charge on any atom is -0.493 e. The maximum atomic E-state index is 11.0. The molecule has 2 rings (SSSR count). The lowest BCUT2D eigenvalue weighted by atomic mass is 10.1. The average Bonchev–Trinajstić information content (AvgIpc) is 2.97. The molecule has 0 atom stereocenters. The Morgan fingerprint density at radius 2 is 2.05 bits per heavy atom. The summed E-state index contributed by atoms with van der Waals surface area (Å²) in [6.07, 6.45) is 4.78. The van der Waals surface area contributed by atoms with Crippen molar-refractivity contribution in [2.24, 2.45) is 11.7 Å². The molecule has 0 aromatic heterocycles. The Balaban J connectivity index is 2.20. The largest absolute Gasteiger partial charge is 0.493 e. The molecule has 6 heteroatoms. The first kappa shape index (κ1) is 14.6. The summed E-state index contributed by atoms with van der Waals surface area (Å²) in [5, 5.41) is 11.0. The lowest BCUT2D eigenvalue weighted by Gasteiger charge is -2.15. The van der Waals surface area contributed by atoms with Crippen LogP contribution in [0.25, 0.3) is 0 Å². The molecule has 1 aromatic carbocycles. The van der Waals surface area contributed by atoms with E-state index in [-0.39, 0.29) is 12.2 Å². The summed E-state index contributed by atoms with van der Waals surface area (Å²) < 4.78 is 11.0. The lowest BCUT2D eigenvalue weighted by molar-refractivity contribution is -0.385. The van der Waals surface area contributed by atoms with E-state index >= 15 is 0 Å². The zero-order valence-electron chi connectivity index (χ0n) is 11.6. The normalized spacial score (nSPS) is 15.3. The molecule has 110 valence electrons. The molecule has 0 saturated heterocycles. The number of rotatable bonds is 6. The highest BCUT2D eigenvalue weighted by molar-refractivity contribution is 5.54. The Morgan fingerprint density at radius 3 is 2.60 bits per heavy atom. The van der Waals surface area contributed by atoms with Gasteiger partial charge in [-0.15, -0.1) is 0 Å². The van der Waals surface area contributed by atoms with Gasteiger partial charge in [0.15, 0.2) is 11.5 Å². The molecule has 1 saturated carbocycles. The Labute approximate surface area is 118 Å². The quantitative estimate of drug-likeness (QED) is 0.639. The van der Waals surface area contributed by atoms with Crippen LogP contribution in [0.15, 0.2) is 12.1 Å². The summed E-state index contributed by atoms with van der Waals surface area (Å²) in [4.78, 5) is 10.6. The van der Waals surface area contributed by atoms with Crippen LogP contribution in [-0.4, -0.2) is 18.6 Å². The third-order valence-corrected chi connectivity index (χ3v) is 3.73. The molecule has 1 aromatic rings. The Bertz CT molecular complexity index is 484. The van der Waals surface area contributed by atoms with Crippen molar-refractivity contribution in [2.75, 3.05) is 13.7 Å². The molecular weight excluding hydrogens is 260 g/mol. The van der Waals surface area contributed by atoms with E-state index in [0.717, 1.165) is 12.8 Å². The van der Waals surface area contributed by atoms with Crippen LogP contribution in [0, 0.1) is 16.0 Å². The van der Waals surface area contributed by atoms with Crippen molar-refractivity contribution in [1.29, 1.82) is 0 Å². The third-order valence-electron chi connectivity index (χ3n) is 3.73. The van der Waals surface area contributed by atoms with Gasteiger partial charge in [0.05, 0.1) is 24.7 Å². The molecule has 1 aliphatic carbocycles. The van der Waals surface area contributed by atoms with Crippen molar-refractivity contribution >= 4 is 5.69 Å². The van der Waals surface area contributed by atoms with E-state index in [1.54, 1.807) is 6.07 Å². The summed E-state index contributed by atoms with van der Waals surface area (Å²) in [5.74, 6) is 1.45. The standard InChI is InChI=1S/C14H20N2O4/c1-19-13-6-11(8-15)12(16(17)18)7-14(13)20-9-10-4-2-3-5-10/h6-7,10H,2-5,8-9,15H2,1H3. The summed E-state index contributed by atoms with van der Waals surface area (Å²) >= 11 is 0. The monoisotopic (exact) mass is 280 g/mol. The Kier molecular flexibility index (Phi) is 4.79. The van der Waals surface area contributed by atoms with Gasteiger partial charge in [0.2, 0.25) is 0 Å². The molecule has 0 amide bonds. The first-order chi connectivity index (χ1) is 9.65. The van der Waals surface area contributed by atoms with Gasteiger partial charge in [-0.05, 0) is 24.8 Å². The van der Waals surface area contributed by atoms with Gasteiger partial charge in [-0.25, -0.2) is 0 Å². The van der Waals surface area contributed by atoms with Crippen LogP contribution in [-0.2, 0) is 6.54 Å². The molecule has 1 fully saturated rings. The van der Waals surface area contributed by atoms with Crippen LogP contribution in [0.5, 0.6) is 11.5 Å². The number of hydrogen-bond donors (Lipinski definition) is 1. The minimum atomic E-state index is -0.440. The number of nitrogens with zero attached hydrogens (tertiary/aromatic N) is 1. The minimum absolute atomic E-state index is 0.0188. The molecular formula is C14H20N2O4. The second kappa shape index (κ2) is 6.56. The fraction of sp³-hybridized carbons (Fsp3) is 0.571. The van der Waals surface area contributed by atoms with Crippen molar-refractivity contribution < 1.29 is 14.4 Å². The van der Waals surface area contributed by atoms with Gasteiger partial charge in [-0.1, -0.05) is 12.8 Å². The second-order valence-electron chi connectivity index (χ2n) is 5.05. The van der Waals surface area contributed by atoms with Crippen LogP contribution >= 0.6 is 0 Å². The molecule has 1 aliphatic rings. The van der Waals surface area contributed by atoms with Gasteiger partial charge in [-0.3, -0.25) is 10.1 Å². The Hall–Kier alpha value is -1.82. The van der Waals surface area contributed by atoms with Crippen LogP contribution < -0.4 is 15.2 Å². The van der Waals surface area contributed by atoms with Gasteiger partial charge in [0.1, 0.15) is 0 Å². The fourth-order valence-electron chi connectivity index (χ4n) is 2.58. The number of nitro benzene ring substituents is 1. The smallest absolute Gasteiger partial charge is 0.277 e. The highest BCUT2D eigenvalue weighted by Crippen LogP contribution is 2.35. The van der Waals surface area contributed by atoms with Gasteiger partial charge in [-0.2, -0.15) is 0 Å². The summed E-state index contributed by atoms with van der Waals surface area (Å²) in [6.45, 7) is 0.672. The van der Waals surface area contributed by atoms with Gasteiger partial charge in [0.25, 0.3) is 5.69 Å². The van der Waals surface area contributed by atoms with E-state index in [9.17, 15) is 10.1 Å². The van der Waals surface area contributed by atoms with Gasteiger partial charge < -0.3 is 15.2 Å². The molecule has 0 spiro atoms. The predicted octanol–water partition coefficient (Wildman–Crippen LogP) is 2.63. The van der Waals surface area contributed by atoms with Crippen molar-refractivity contribution in [3.8, 4) is 11.5 Å². The van der Waals surface area contributed by atoms with Crippen LogP contribution in [0.3, 0.4) is 0 Å². The first-order valence-corrected chi connectivity index (χ1v) is 6.84. The van der Waals surface area contributed by atoms with E-state index in [2.05, 4.69) is 0 Å². The number of nitro groups is 1. The lowest BCUT2D eigenvalue weighted by Crippen LogP contribution is -2.10. The highest BCUT2D eigenvalue weighted by atomic mass is 16.6.